The Hall–Kier alpha value is -5.68. The first-order valence-electron chi connectivity index (χ1n) is 21.2. The van der Waals surface area contributed by atoms with Crippen molar-refractivity contribution in [3.8, 4) is 0 Å². The summed E-state index contributed by atoms with van der Waals surface area (Å²) in [5.74, 6) is 0.271. The van der Waals surface area contributed by atoms with Crippen LogP contribution in [0, 0.1) is 5.92 Å². The van der Waals surface area contributed by atoms with Crippen molar-refractivity contribution < 1.29 is 32.3 Å². The Bertz CT molecular complexity index is 2470. The molecule has 0 aliphatic carbocycles. The summed E-state index contributed by atoms with van der Waals surface area (Å²) in [4.78, 5) is 69.6. The van der Waals surface area contributed by atoms with Crippen LogP contribution >= 0.6 is 0 Å². The zero-order valence-corrected chi connectivity index (χ0v) is 35.8. The number of unbranched alkanes of at least 4 members (excludes halogenated alkanes) is 1. The SMILES string of the molecule is COC1CCN(c2nccc(Nc3cc4c(C(C)C)ccc(N5C[C@H](CS(=O)(=O)CCCCNc6ccc7c(c6)C(=O)N(C6CCC(=O)NC6=O)C7=O)[C@H]5C)c4cn3)n2)CC1. The van der Waals surface area contributed by atoms with E-state index in [1.54, 1.807) is 31.5 Å². The fourth-order valence-electron chi connectivity index (χ4n) is 8.93. The number of piperidine rings is 2. The molecule has 0 saturated carbocycles. The quantitative estimate of drug-likeness (QED) is 0.106. The minimum atomic E-state index is -3.32. The van der Waals surface area contributed by atoms with Crippen LogP contribution in [0.25, 0.3) is 10.8 Å². The zero-order valence-electron chi connectivity index (χ0n) is 35.0. The van der Waals surface area contributed by atoms with Crippen molar-refractivity contribution in [3.63, 3.8) is 0 Å². The number of nitrogens with one attached hydrogen (secondary N) is 3. The Kier molecular flexibility index (Phi) is 12.0. The number of carbonyl (C=O) groups is 4. The largest absolute Gasteiger partial charge is 0.385 e. The van der Waals surface area contributed by atoms with Crippen LogP contribution in [-0.4, -0.2) is 115 Å². The lowest BCUT2D eigenvalue weighted by molar-refractivity contribution is -0.136. The van der Waals surface area contributed by atoms with Gasteiger partial charge in [0.2, 0.25) is 17.8 Å². The van der Waals surface area contributed by atoms with Gasteiger partial charge in [-0.3, -0.25) is 29.4 Å². The van der Waals surface area contributed by atoms with Gasteiger partial charge >= 0.3 is 0 Å². The predicted octanol–water partition coefficient (Wildman–Crippen LogP) is 5.04. The highest BCUT2D eigenvalue weighted by Gasteiger charge is 2.45. The summed E-state index contributed by atoms with van der Waals surface area (Å²) in [5, 5.41) is 10.9. The molecule has 3 saturated heterocycles. The lowest BCUT2D eigenvalue weighted by Gasteiger charge is -2.48. The molecule has 6 heterocycles. The number of sulfone groups is 1. The molecule has 16 nitrogen and oxygen atoms in total. The molecule has 8 rings (SSSR count). The molecule has 61 heavy (non-hydrogen) atoms. The molecular weight excluding hydrogens is 799 g/mol. The molecule has 0 radical (unpaired) electrons. The Morgan fingerprint density at radius 3 is 2.44 bits per heavy atom. The summed E-state index contributed by atoms with van der Waals surface area (Å²) in [6, 6.07) is 12.0. The Balaban J connectivity index is 0.840. The molecule has 0 bridgehead atoms. The Morgan fingerprint density at radius 1 is 0.918 bits per heavy atom. The number of methoxy groups -OCH3 is 1. The highest BCUT2D eigenvalue weighted by molar-refractivity contribution is 7.91. The Morgan fingerprint density at radius 2 is 1.70 bits per heavy atom. The van der Waals surface area contributed by atoms with Gasteiger partial charge in [-0.2, -0.15) is 4.98 Å². The van der Waals surface area contributed by atoms with E-state index in [4.69, 9.17) is 14.7 Å². The number of benzene rings is 2. The second-order valence-electron chi connectivity index (χ2n) is 16.8. The van der Waals surface area contributed by atoms with E-state index >= 15 is 0 Å². The molecule has 3 N–H and O–H groups in total. The molecule has 4 aliphatic heterocycles. The van der Waals surface area contributed by atoms with Crippen molar-refractivity contribution in [2.45, 2.75) is 83.4 Å². The van der Waals surface area contributed by atoms with Gasteiger partial charge in [0.05, 0.1) is 28.7 Å². The maximum Gasteiger partial charge on any atom is 0.262 e. The standard InChI is InChI=1S/C44H53N9O7S/c1-26(2)31-9-10-36(35-23-47-39(22-33(31)35)48-38-13-17-46-44(49-38)51-18-14-30(60-4)15-19-51)52-24-28(27(52)3)25-61(58,59)20-6-5-16-45-29-7-8-32-34(21-29)43(57)53(42(32)56)37-11-12-40(54)50-41(37)55/h7-10,13,17,21-23,26-28,30,37,45H,5-6,11-12,14-16,18-20,24-25H2,1-4H3,(H,50,54,55)(H,46,47,48,49)/t27-,28-,37?/m1/s1. The van der Waals surface area contributed by atoms with Gasteiger partial charge in [0, 0.05) is 80.8 Å². The van der Waals surface area contributed by atoms with Crippen LogP contribution in [0.2, 0.25) is 0 Å². The summed E-state index contributed by atoms with van der Waals surface area (Å²) in [6.45, 7) is 9.21. The summed E-state index contributed by atoms with van der Waals surface area (Å²) in [7, 11) is -1.56. The second kappa shape index (κ2) is 17.4. The number of pyridine rings is 1. The summed E-state index contributed by atoms with van der Waals surface area (Å²) in [5.41, 5.74) is 3.25. The van der Waals surface area contributed by atoms with Crippen LogP contribution in [0.3, 0.4) is 0 Å². The first kappa shape index (κ1) is 42.0. The number of imide groups is 2. The van der Waals surface area contributed by atoms with Gasteiger partial charge in [0.25, 0.3) is 11.8 Å². The van der Waals surface area contributed by atoms with E-state index < -0.39 is 39.5 Å². The normalized spacial score (nSPS) is 20.9. The molecule has 0 spiro atoms. The molecule has 322 valence electrons. The van der Waals surface area contributed by atoms with Gasteiger partial charge in [-0.05, 0) is 92.3 Å². The van der Waals surface area contributed by atoms with Crippen LogP contribution in [0.4, 0.5) is 29.0 Å². The number of amides is 4. The van der Waals surface area contributed by atoms with Gasteiger partial charge in [-0.1, -0.05) is 19.9 Å². The number of ether oxygens (including phenoxy) is 1. The molecule has 3 atom stereocenters. The average Bonchev–Trinajstić information content (AvgIpc) is 3.49. The Labute approximate surface area is 355 Å². The van der Waals surface area contributed by atoms with Gasteiger partial charge in [-0.25, -0.2) is 18.4 Å². The van der Waals surface area contributed by atoms with Crippen LogP contribution in [0.15, 0.2) is 54.9 Å². The van der Waals surface area contributed by atoms with E-state index in [0.717, 1.165) is 47.3 Å². The van der Waals surface area contributed by atoms with Crippen LogP contribution in [-0.2, 0) is 24.2 Å². The van der Waals surface area contributed by atoms with E-state index in [0.29, 0.717) is 49.2 Å². The van der Waals surface area contributed by atoms with Crippen molar-refractivity contribution >= 4 is 73.2 Å². The molecule has 2 aromatic heterocycles. The van der Waals surface area contributed by atoms with Gasteiger partial charge in [-0.15, -0.1) is 0 Å². The van der Waals surface area contributed by atoms with E-state index in [9.17, 15) is 27.6 Å². The summed E-state index contributed by atoms with van der Waals surface area (Å²) >= 11 is 0. The number of hydrogen-bond acceptors (Lipinski definition) is 14. The van der Waals surface area contributed by atoms with Crippen molar-refractivity contribution in [3.05, 3.63) is 71.5 Å². The number of fused-ring (bicyclic) bond motifs is 2. The molecule has 4 aromatic rings. The molecule has 4 aliphatic rings. The predicted molar refractivity (Wildman–Crippen MR) is 233 cm³/mol. The summed E-state index contributed by atoms with van der Waals surface area (Å²) < 4.78 is 32.2. The zero-order chi connectivity index (χ0) is 43.0. The minimum absolute atomic E-state index is 0.00417. The third kappa shape index (κ3) is 8.76. The third-order valence-electron chi connectivity index (χ3n) is 12.5. The van der Waals surface area contributed by atoms with Gasteiger partial charge in [0.15, 0.2) is 9.84 Å². The van der Waals surface area contributed by atoms with E-state index in [1.165, 1.54) is 5.56 Å². The highest BCUT2D eigenvalue weighted by atomic mass is 32.2. The second-order valence-corrected chi connectivity index (χ2v) is 19.1. The summed E-state index contributed by atoms with van der Waals surface area (Å²) in [6.07, 6.45) is 7.00. The molecule has 1 unspecified atom stereocenters. The smallest absolute Gasteiger partial charge is 0.262 e. The van der Waals surface area contributed by atoms with Gasteiger partial charge in [0.1, 0.15) is 17.7 Å². The van der Waals surface area contributed by atoms with Crippen LogP contribution in [0.1, 0.15) is 91.5 Å². The number of hydrogen-bond donors (Lipinski definition) is 3. The lowest BCUT2D eigenvalue weighted by Crippen LogP contribution is -2.57. The maximum atomic E-state index is 13.3. The number of carbonyl (C=O) groups excluding carboxylic acids is 4. The first-order chi connectivity index (χ1) is 29.3. The van der Waals surface area contributed by atoms with Crippen LogP contribution < -0.4 is 25.8 Å². The molecule has 17 heteroatoms. The number of anilines is 5. The average molecular weight is 852 g/mol. The number of nitrogens with zero attached hydrogens (tertiary/aromatic N) is 6. The third-order valence-corrected chi connectivity index (χ3v) is 14.4. The van der Waals surface area contributed by atoms with Gasteiger partial charge < -0.3 is 25.2 Å². The van der Waals surface area contributed by atoms with Crippen molar-refractivity contribution in [1.82, 2.24) is 25.2 Å². The monoisotopic (exact) mass is 851 g/mol. The highest BCUT2D eigenvalue weighted by Crippen LogP contribution is 2.40. The lowest BCUT2D eigenvalue weighted by atomic mass is 9.88. The van der Waals surface area contributed by atoms with E-state index in [2.05, 4.69) is 69.7 Å². The number of rotatable bonds is 15. The number of aromatic nitrogens is 3. The van der Waals surface area contributed by atoms with E-state index in [-0.39, 0.29) is 59.5 Å². The van der Waals surface area contributed by atoms with Crippen molar-refractivity contribution in [2.24, 2.45) is 5.92 Å². The van der Waals surface area contributed by atoms with E-state index in [1.807, 2.05) is 12.3 Å². The molecule has 2 aromatic carbocycles. The van der Waals surface area contributed by atoms with Crippen molar-refractivity contribution in [2.75, 3.05) is 65.2 Å². The van der Waals surface area contributed by atoms with Crippen molar-refractivity contribution in [1.29, 1.82) is 0 Å². The molecular formula is C44H53N9O7S. The minimum Gasteiger partial charge on any atom is -0.385 e. The fourth-order valence-corrected chi connectivity index (χ4v) is 10.8. The topological polar surface area (TPSA) is 196 Å². The fraction of sp³-hybridized carbons (Fsp3) is 0.477. The van der Waals surface area contributed by atoms with Crippen LogP contribution in [0.5, 0.6) is 0 Å². The molecule has 3 fully saturated rings. The maximum absolute atomic E-state index is 13.3. The molecule has 4 amide bonds. The first-order valence-corrected chi connectivity index (χ1v) is 23.0.